The summed E-state index contributed by atoms with van der Waals surface area (Å²) in [6, 6.07) is 0. The average Bonchev–Trinajstić information content (AvgIpc) is 2.92. The Morgan fingerprint density at radius 3 is 1.04 bits per heavy atom. The molecular formula is C28H50MgO14S2. The number of rotatable bonds is 22. The second-order valence-corrected chi connectivity index (χ2v) is 13.9. The van der Waals surface area contributed by atoms with E-state index in [1.54, 1.807) is 0 Å². The zero-order valence-corrected chi connectivity index (χ0v) is 30.4. The number of unbranched alkanes of at least 4 members (excludes halogenated alkanes) is 4. The molecule has 2 N–H and O–H groups in total. The van der Waals surface area contributed by atoms with Gasteiger partial charge in [0.1, 0.15) is 11.2 Å². The topological polar surface area (TPSA) is 242 Å². The molecular weight excluding hydrogens is 649 g/mol. The Balaban J connectivity index is -0.000000767. The molecule has 0 aromatic heterocycles. The van der Waals surface area contributed by atoms with Crippen LogP contribution in [0.3, 0.4) is 0 Å². The van der Waals surface area contributed by atoms with Crippen molar-refractivity contribution in [3.05, 3.63) is 0 Å². The van der Waals surface area contributed by atoms with Crippen molar-refractivity contribution in [1.29, 1.82) is 0 Å². The largest absolute Gasteiger partial charge is 2.00 e. The van der Waals surface area contributed by atoms with Crippen LogP contribution in [0.25, 0.3) is 0 Å². The van der Waals surface area contributed by atoms with Crippen LogP contribution in [0.2, 0.25) is 0 Å². The molecule has 0 aromatic carbocycles. The van der Waals surface area contributed by atoms with Gasteiger partial charge >= 0.3 is 35.0 Å². The number of carbonyl (C=O) groups excluding carboxylic acids is 4. The first kappa shape index (κ1) is 47.9. The molecule has 0 saturated heterocycles. The van der Waals surface area contributed by atoms with E-state index in [1.165, 1.54) is 0 Å². The second kappa shape index (κ2) is 22.9. The standard InChI is InChI=1S/2C14H26O7S.Mg/c2*1-4-7-8-9-14(5-2,6-3)21-13(17)11(10-12(15)16)22(18,19)20;/h2*11H,4-10H2,1-3H3,(H,15,16)(H,18,19,20);/q;;+2/p-2. The van der Waals surface area contributed by atoms with Crippen LogP contribution in [0.15, 0.2) is 0 Å². The van der Waals surface area contributed by atoms with E-state index in [9.17, 15) is 46.2 Å². The van der Waals surface area contributed by atoms with Crippen LogP contribution in [0.5, 0.6) is 0 Å². The Bertz CT molecular complexity index is 1030. The zero-order valence-electron chi connectivity index (χ0n) is 27.4. The van der Waals surface area contributed by atoms with Crippen LogP contribution in [0, 0.1) is 0 Å². The van der Waals surface area contributed by atoms with Crippen LogP contribution in [0.1, 0.15) is 131 Å². The van der Waals surface area contributed by atoms with Gasteiger partial charge in [-0.2, -0.15) is 16.8 Å². The fourth-order valence-electron chi connectivity index (χ4n) is 4.47. The molecule has 17 heteroatoms. The number of hydrogen-bond donors (Lipinski definition) is 2. The molecule has 0 bridgehead atoms. The Kier molecular flexibility index (Phi) is 24.4. The number of esters is 2. The van der Waals surface area contributed by atoms with E-state index in [0.29, 0.717) is 38.5 Å². The Morgan fingerprint density at radius 2 is 0.867 bits per heavy atom. The van der Waals surface area contributed by atoms with Gasteiger partial charge in [-0.25, -0.2) is 0 Å². The average molecular weight is 699 g/mol. The van der Waals surface area contributed by atoms with E-state index in [4.69, 9.17) is 18.6 Å². The zero-order chi connectivity index (χ0) is 34.8. The molecule has 0 fully saturated rings. The molecule has 0 saturated carbocycles. The predicted molar refractivity (Wildman–Crippen MR) is 163 cm³/mol. The molecule has 0 aliphatic rings. The van der Waals surface area contributed by atoms with Gasteiger partial charge in [0.05, 0.1) is 0 Å². The van der Waals surface area contributed by atoms with Gasteiger partial charge in [0.15, 0.2) is 10.5 Å². The molecule has 0 spiro atoms. The van der Waals surface area contributed by atoms with Crippen molar-refractivity contribution >= 4 is 67.2 Å². The third-order valence-electron chi connectivity index (χ3n) is 7.63. The molecule has 260 valence electrons. The third-order valence-corrected chi connectivity index (χ3v) is 9.79. The molecule has 0 radical (unpaired) electrons. The van der Waals surface area contributed by atoms with E-state index in [0.717, 1.165) is 38.5 Å². The van der Waals surface area contributed by atoms with Crippen molar-refractivity contribution in [3.8, 4) is 0 Å². The first-order chi connectivity index (χ1) is 20.2. The SMILES string of the molecule is CCCCCC(CC)(CC)OC(=O)C(CC(=O)[O-])S(=O)(=O)O.CCCCCC(CC)(CC)OC(=O)C(CC(=O)[O-])S(=O)(=O)O.[Mg+2]. The van der Waals surface area contributed by atoms with Gasteiger partial charge in [-0.3, -0.25) is 18.7 Å². The summed E-state index contributed by atoms with van der Waals surface area (Å²) in [5.74, 6) is -5.98. The van der Waals surface area contributed by atoms with Crippen LogP contribution >= 0.6 is 0 Å². The van der Waals surface area contributed by atoms with Gasteiger partial charge in [-0.05, 0) is 51.4 Å². The summed E-state index contributed by atoms with van der Waals surface area (Å²) in [5, 5.41) is 16.9. The molecule has 45 heavy (non-hydrogen) atoms. The fourth-order valence-corrected chi connectivity index (χ4v) is 5.75. The molecule has 0 aliphatic heterocycles. The molecule has 0 amide bonds. The van der Waals surface area contributed by atoms with E-state index in [-0.39, 0.29) is 23.1 Å². The van der Waals surface area contributed by atoms with E-state index >= 15 is 0 Å². The van der Waals surface area contributed by atoms with Gasteiger partial charge in [0, 0.05) is 24.8 Å². The Hall–Kier alpha value is -1.53. The van der Waals surface area contributed by atoms with Gasteiger partial charge in [-0.1, -0.05) is 67.2 Å². The maximum atomic E-state index is 12.0. The Labute approximate surface area is 284 Å². The summed E-state index contributed by atoms with van der Waals surface area (Å²) in [5.41, 5.74) is -1.69. The molecule has 2 unspecified atom stereocenters. The molecule has 0 aliphatic carbocycles. The quantitative estimate of drug-likeness (QED) is 0.0708. The third kappa shape index (κ3) is 19.0. The minimum atomic E-state index is -4.87. The minimum absolute atomic E-state index is 0. The molecule has 14 nitrogen and oxygen atoms in total. The summed E-state index contributed by atoms with van der Waals surface area (Å²) >= 11 is 0. The van der Waals surface area contributed by atoms with E-state index in [2.05, 4.69) is 0 Å². The smallest absolute Gasteiger partial charge is 0.550 e. The summed E-state index contributed by atoms with van der Waals surface area (Å²) in [6.45, 7) is 11.3. The van der Waals surface area contributed by atoms with Crippen molar-refractivity contribution in [3.63, 3.8) is 0 Å². The number of carboxylic acids is 2. The van der Waals surface area contributed by atoms with Crippen molar-refractivity contribution in [1.82, 2.24) is 0 Å². The maximum absolute atomic E-state index is 12.0. The van der Waals surface area contributed by atoms with Crippen LogP contribution < -0.4 is 10.2 Å². The van der Waals surface area contributed by atoms with Crippen molar-refractivity contribution in [2.24, 2.45) is 0 Å². The van der Waals surface area contributed by atoms with E-state index in [1.807, 2.05) is 41.5 Å². The number of aliphatic carboxylic acids is 2. The molecule has 0 rings (SSSR count). The summed E-state index contributed by atoms with van der Waals surface area (Å²) in [7, 11) is -9.74. The minimum Gasteiger partial charge on any atom is -0.550 e. The molecule has 0 aromatic rings. The van der Waals surface area contributed by atoms with Crippen LogP contribution in [-0.2, 0) is 48.9 Å². The van der Waals surface area contributed by atoms with Crippen molar-refractivity contribution in [2.75, 3.05) is 0 Å². The van der Waals surface area contributed by atoms with Gasteiger partial charge in [0.25, 0.3) is 20.2 Å². The fraction of sp³-hybridized carbons (Fsp3) is 0.857. The van der Waals surface area contributed by atoms with Gasteiger partial charge in [-0.15, -0.1) is 0 Å². The second-order valence-electron chi connectivity index (χ2n) is 10.7. The number of ether oxygens (including phenoxy) is 2. The van der Waals surface area contributed by atoms with E-state index < -0.39 is 78.7 Å². The van der Waals surface area contributed by atoms with Crippen LogP contribution in [-0.4, -0.2) is 94.6 Å². The van der Waals surface area contributed by atoms with Crippen molar-refractivity contribution < 1.29 is 64.8 Å². The number of hydrogen-bond acceptors (Lipinski definition) is 12. The summed E-state index contributed by atoms with van der Waals surface area (Å²) in [4.78, 5) is 45.2. The number of carbonyl (C=O) groups is 4. The molecule has 0 heterocycles. The maximum Gasteiger partial charge on any atom is 2.00 e. The monoisotopic (exact) mass is 698 g/mol. The molecule has 2 atom stereocenters. The number of carboxylic acid groups (broad SMARTS) is 2. The predicted octanol–water partition coefficient (Wildman–Crippen LogP) is 1.75. The first-order valence-corrected chi connectivity index (χ1v) is 18.0. The summed E-state index contributed by atoms with van der Waals surface area (Å²) < 4.78 is 73.5. The normalized spacial score (nSPS) is 13.3. The van der Waals surface area contributed by atoms with Crippen LogP contribution in [0.4, 0.5) is 0 Å². The van der Waals surface area contributed by atoms with Gasteiger partial charge < -0.3 is 29.3 Å². The first-order valence-electron chi connectivity index (χ1n) is 15.0. The summed E-state index contributed by atoms with van der Waals surface area (Å²) in [6.07, 6.45) is 6.23. The Morgan fingerprint density at radius 1 is 0.600 bits per heavy atom. The van der Waals surface area contributed by atoms with Gasteiger partial charge in [0.2, 0.25) is 0 Å². The van der Waals surface area contributed by atoms with Crippen molar-refractivity contribution in [2.45, 2.75) is 153 Å².